The summed E-state index contributed by atoms with van der Waals surface area (Å²) in [7, 11) is 1.74. The van der Waals surface area contributed by atoms with Crippen LogP contribution >= 0.6 is 0 Å². The summed E-state index contributed by atoms with van der Waals surface area (Å²) in [6.07, 6.45) is 2.32. The van der Waals surface area contributed by atoms with Crippen molar-refractivity contribution in [1.82, 2.24) is 29.9 Å². The summed E-state index contributed by atoms with van der Waals surface area (Å²) < 4.78 is 1.98. The predicted octanol–water partition coefficient (Wildman–Crippen LogP) is -0.115. The minimum atomic E-state index is -0.144. The number of hydrogen-bond donors (Lipinski definition) is 1. The van der Waals surface area contributed by atoms with Gasteiger partial charge in [-0.1, -0.05) is 0 Å². The molecule has 0 unspecified atom stereocenters. The molecule has 0 radical (unpaired) electrons. The molecule has 0 aromatic carbocycles. The lowest BCUT2D eigenvalue weighted by Gasteiger charge is -2.15. The predicted molar refractivity (Wildman–Crippen MR) is 76.7 cm³/mol. The number of nitrogens with one attached hydrogen (secondary N) is 1. The maximum atomic E-state index is 11.8. The van der Waals surface area contributed by atoms with Crippen molar-refractivity contribution >= 4 is 11.9 Å². The molecule has 116 valence electrons. The summed E-state index contributed by atoms with van der Waals surface area (Å²) in [5, 5.41) is 10.8. The lowest BCUT2D eigenvalue weighted by molar-refractivity contribution is -0.121. The van der Waals surface area contributed by atoms with Crippen molar-refractivity contribution in [3.63, 3.8) is 0 Å². The lowest BCUT2D eigenvalue weighted by Crippen LogP contribution is -2.40. The maximum absolute atomic E-state index is 11.8. The molecule has 1 aromatic heterocycles. The van der Waals surface area contributed by atoms with Crippen LogP contribution in [-0.4, -0.2) is 69.7 Å². The Bertz CT molecular complexity index is 513. The largest absolute Gasteiger partial charge is 0.354 e. The molecule has 21 heavy (non-hydrogen) atoms. The first kappa shape index (κ1) is 15.3. The van der Waals surface area contributed by atoms with Gasteiger partial charge in [0.1, 0.15) is 18.7 Å². The van der Waals surface area contributed by atoms with Crippen LogP contribution in [-0.2, 0) is 11.2 Å². The summed E-state index contributed by atoms with van der Waals surface area (Å²) in [6.45, 7) is 5.98. The van der Waals surface area contributed by atoms with Gasteiger partial charge in [0.25, 0.3) is 0 Å². The van der Waals surface area contributed by atoms with Crippen molar-refractivity contribution in [2.24, 2.45) is 0 Å². The van der Waals surface area contributed by atoms with Crippen molar-refractivity contribution < 1.29 is 9.59 Å². The standard InChI is InChI=1S/C13H22N6O2/c1-10(2)19-9-15-16-11(19)4-5-14-12(20)8-18-7-6-17(3)13(18)21/h9-10H,4-8H2,1-3H3,(H,14,20). The highest BCUT2D eigenvalue weighted by atomic mass is 16.2. The van der Waals surface area contributed by atoms with Gasteiger partial charge < -0.3 is 19.7 Å². The average Bonchev–Trinajstić information content (AvgIpc) is 3.01. The number of hydrogen-bond acceptors (Lipinski definition) is 4. The van der Waals surface area contributed by atoms with E-state index in [1.165, 1.54) is 0 Å². The smallest absolute Gasteiger partial charge is 0.320 e. The highest BCUT2D eigenvalue weighted by molar-refractivity contribution is 5.84. The molecular weight excluding hydrogens is 272 g/mol. The second-order valence-corrected chi connectivity index (χ2v) is 5.47. The van der Waals surface area contributed by atoms with Crippen LogP contribution in [0.4, 0.5) is 4.79 Å². The first-order valence-corrected chi connectivity index (χ1v) is 7.14. The second kappa shape index (κ2) is 6.55. The Hall–Kier alpha value is -2.12. The van der Waals surface area contributed by atoms with Gasteiger partial charge in [-0.05, 0) is 13.8 Å². The van der Waals surface area contributed by atoms with Crippen molar-refractivity contribution in [1.29, 1.82) is 0 Å². The number of amides is 3. The van der Waals surface area contributed by atoms with Gasteiger partial charge in [-0.2, -0.15) is 0 Å². The molecule has 0 atom stereocenters. The molecule has 3 amide bonds. The molecule has 8 nitrogen and oxygen atoms in total. The third kappa shape index (κ3) is 3.71. The molecule has 8 heteroatoms. The van der Waals surface area contributed by atoms with E-state index in [1.807, 2.05) is 4.57 Å². The highest BCUT2D eigenvalue weighted by Gasteiger charge is 2.26. The topological polar surface area (TPSA) is 83.4 Å². The van der Waals surface area contributed by atoms with Crippen LogP contribution in [0.3, 0.4) is 0 Å². The van der Waals surface area contributed by atoms with Crippen LogP contribution in [0.25, 0.3) is 0 Å². The second-order valence-electron chi connectivity index (χ2n) is 5.47. The van der Waals surface area contributed by atoms with Crippen LogP contribution < -0.4 is 5.32 Å². The number of likely N-dealkylation sites (N-methyl/N-ethyl adjacent to an activating group) is 1. The van der Waals surface area contributed by atoms with Crippen molar-refractivity contribution in [3.8, 4) is 0 Å². The summed E-state index contributed by atoms with van der Waals surface area (Å²) in [5.74, 6) is 0.705. The van der Waals surface area contributed by atoms with Crippen LogP contribution in [0.1, 0.15) is 25.7 Å². The number of nitrogens with zero attached hydrogens (tertiary/aromatic N) is 5. The van der Waals surface area contributed by atoms with Gasteiger partial charge in [-0.25, -0.2) is 4.79 Å². The van der Waals surface area contributed by atoms with E-state index in [4.69, 9.17) is 0 Å². The number of carbonyl (C=O) groups is 2. The van der Waals surface area contributed by atoms with Gasteiger partial charge in [-0.15, -0.1) is 10.2 Å². The Labute approximate surface area is 124 Å². The third-order valence-corrected chi connectivity index (χ3v) is 3.51. The fourth-order valence-electron chi connectivity index (χ4n) is 2.27. The maximum Gasteiger partial charge on any atom is 0.320 e. The van der Waals surface area contributed by atoms with Gasteiger partial charge in [0, 0.05) is 39.1 Å². The van der Waals surface area contributed by atoms with Gasteiger partial charge in [-0.3, -0.25) is 4.79 Å². The highest BCUT2D eigenvalue weighted by Crippen LogP contribution is 2.07. The molecule has 0 spiro atoms. The number of carbonyl (C=O) groups excluding carboxylic acids is 2. The van der Waals surface area contributed by atoms with Crippen molar-refractivity contribution in [3.05, 3.63) is 12.2 Å². The summed E-state index contributed by atoms with van der Waals surface area (Å²) in [4.78, 5) is 26.7. The van der Waals surface area contributed by atoms with Crippen molar-refractivity contribution in [2.75, 3.05) is 33.2 Å². The first-order chi connectivity index (χ1) is 9.99. The molecular formula is C13H22N6O2. The van der Waals surface area contributed by atoms with Gasteiger partial charge in [0.2, 0.25) is 5.91 Å². The van der Waals surface area contributed by atoms with E-state index >= 15 is 0 Å². The van der Waals surface area contributed by atoms with Crippen LogP contribution in [0.2, 0.25) is 0 Å². The zero-order chi connectivity index (χ0) is 15.4. The summed E-state index contributed by atoms with van der Waals surface area (Å²) >= 11 is 0. The Balaban J connectivity index is 1.75. The van der Waals surface area contributed by atoms with Gasteiger partial charge >= 0.3 is 6.03 Å². The molecule has 1 aromatic rings. The molecule has 2 rings (SSSR count). The average molecular weight is 294 g/mol. The molecule has 0 aliphatic carbocycles. The minimum Gasteiger partial charge on any atom is -0.354 e. The molecule has 2 heterocycles. The molecule has 1 fully saturated rings. The van der Waals surface area contributed by atoms with E-state index < -0.39 is 0 Å². The zero-order valence-electron chi connectivity index (χ0n) is 12.7. The molecule has 0 saturated carbocycles. The summed E-state index contributed by atoms with van der Waals surface area (Å²) in [5.41, 5.74) is 0. The Morgan fingerprint density at radius 2 is 2.19 bits per heavy atom. The fourth-order valence-corrected chi connectivity index (χ4v) is 2.27. The molecule has 1 saturated heterocycles. The normalized spacial score (nSPS) is 15.1. The minimum absolute atomic E-state index is 0.0929. The Morgan fingerprint density at radius 3 is 2.81 bits per heavy atom. The molecule has 1 aliphatic rings. The quantitative estimate of drug-likeness (QED) is 0.793. The van der Waals surface area contributed by atoms with E-state index in [9.17, 15) is 9.59 Å². The fraction of sp³-hybridized carbons (Fsp3) is 0.692. The number of urea groups is 1. The first-order valence-electron chi connectivity index (χ1n) is 7.14. The number of aromatic nitrogens is 3. The van der Waals surface area contributed by atoms with Crippen molar-refractivity contribution in [2.45, 2.75) is 26.3 Å². The zero-order valence-corrected chi connectivity index (χ0v) is 12.7. The molecule has 1 N–H and O–H groups in total. The van der Waals surface area contributed by atoms with E-state index in [0.717, 1.165) is 5.82 Å². The van der Waals surface area contributed by atoms with E-state index in [1.54, 1.807) is 23.2 Å². The Kier molecular flexibility index (Phi) is 4.77. The Morgan fingerprint density at radius 1 is 1.43 bits per heavy atom. The molecule has 0 bridgehead atoms. The van der Waals surface area contributed by atoms with E-state index in [-0.39, 0.29) is 18.5 Å². The summed E-state index contributed by atoms with van der Waals surface area (Å²) in [6, 6.07) is 0.202. The van der Waals surface area contributed by atoms with E-state index in [2.05, 4.69) is 29.4 Å². The number of rotatable bonds is 6. The SMILES string of the molecule is CC(C)n1cnnc1CCNC(=O)CN1CCN(C)C1=O. The monoisotopic (exact) mass is 294 g/mol. The third-order valence-electron chi connectivity index (χ3n) is 3.51. The van der Waals surface area contributed by atoms with Gasteiger partial charge in [0.05, 0.1) is 0 Å². The van der Waals surface area contributed by atoms with Crippen LogP contribution in [0.15, 0.2) is 6.33 Å². The van der Waals surface area contributed by atoms with Gasteiger partial charge in [0.15, 0.2) is 0 Å². The van der Waals surface area contributed by atoms with Crippen LogP contribution in [0, 0.1) is 0 Å². The van der Waals surface area contributed by atoms with Crippen LogP contribution in [0.5, 0.6) is 0 Å². The molecule has 1 aliphatic heterocycles. The lowest BCUT2D eigenvalue weighted by atomic mass is 10.3. The van der Waals surface area contributed by atoms with E-state index in [0.29, 0.717) is 32.1 Å².